The Kier molecular flexibility index (Phi) is 4.07. The monoisotopic (exact) mass is 317 g/mol. The number of ether oxygens (including phenoxy) is 2. The van der Waals surface area contributed by atoms with Crippen molar-refractivity contribution in [2.24, 2.45) is 7.05 Å². The van der Waals surface area contributed by atoms with Gasteiger partial charge in [0.25, 0.3) is 0 Å². The fourth-order valence-corrected chi connectivity index (χ4v) is 2.26. The Bertz CT molecular complexity index is 849. The van der Waals surface area contributed by atoms with E-state index in [1.807, 2.05) is 0 Å². The zero-order valence-corrected chi connectivity index (χ0v) is 12.8. The SMILES string of the molecule is COCCOc1ccc(-c2nn(C)c3nc(N)ncc23)cc1F. The molecular weight excluding hydrogens is 301 g/mol. The second-order valence-corrected chi connectivity index (χ2v) is 4.92. The second kappa shape index (κ2) is 6.17. The van der Waals surface area contributed by atoms with Crippen molar-refractivity contribution in [3.8, 4) is 17.0 Å². The molecule has 3 aromatic rings. The van der Waals surface area contributed by atoms with Gasteiger partial charge in [-0.2, -0.15) is 10.1 Å². The lowest BCUT2D eigenvalue weighted by atomic mass is 10.1. The van der Waals surface area contributed by atoms with Crippen LogP contribution in [0, 0.1) is 5.82 Å². The summed E-state index contributed by atoms with van der Waals surface area (Å²) in [7, 11) is 3.31. The summed E-state index contributed by atoms with van der Waals surface area (Å²) in [5, 5.41) is 5.08. The first kappa shape index (κ1) is 15.2. The van der Waals surface area contributed by atoms with Crippen LogP contribution in [0.15, 0.2) is 24.4 Å². The average molecular weight is 317 g/mol. The third-order valence-corrected chi connectivity index (χ3v) is 3.35. The first-order chi connectivity index (χ1) is 11.1. The molecule has 0 saturated heterocycles. The van der Waals surface area contributed by atoms with Crippen LogP contribution in [-0.2, 0) is 11.8 Å². The number of fused-ring (bicyclic) bond motifs is 1. The number of hydrogen-bond donors (Lipinski definition) is 1. The van der Waals surface area contributed by atoms with Crippen LogP contribution in [0.4, 0.5) is 10.3 Å². The lowest BCUT2D eigenvalue weighted by Gasteiger charge is -2.07. The first-order valence-electron chi connectivity index (χ1n) is 6.97. The molecule has 2 N–H and O–H groups in total. The minimum atomic E-state index is -0.464. The van der Waals surface area contributed by atoms with Crippen molar-refractivity contribution in [3.63, 3.8) is 0 Å². The van der Waals surface area contributed by atoms with Gasteiger partial charge < -0.3 is 15.2 Å². The summed E-state index contributed by atoms with van der Waals surface area (Å²) in [6, 6.07) is 4.68. The molecule has 23 heavy (non-hydrogen) atoms. The number of aromatic nitrogens is 4. The molecule has 3 rings (SSSR count). The fourth-order valence-electron chi connectivity index (χ4n) is 2.26. The summed E-state index contributed by atoms with van der Waals surface area (Å²) in [6.07, 6.45) is 1.58. The number of nitrogens with two attached hydrogens (primary N) is 1. The predicted octanol–water partition coefficient (Wildman–Crippen LogP) is 1.78. The van der Waals surface area contributed by atoms with E-state index in [-0.39, 0.29) is 18.3 Å². The van der Waals surface area contributed by atoms with Gasteiger partial charge in [0.15, 0.2) is 17.2 Å². The first-order valence-corrected chi connectivity index (χ1v) is 6.97. The van der Waals surface area contributed by atoms with Crippen LogP contribution in [0.25, 0.3) is 22.3 Å². The number of hydrogen-bond acceptors (Lipinski definition) is 6. The Morgan fingerprint density at radius 2 is 2.13 bits per heavy atom. The number of aryl methyl sites for hydroxylation is 1. The van der Waals surface area contributed by atoms with Gasteiger partial charge in [0.1, 0.15) is 12.3 Å². The molecule has 2 heterocycles. The number of anilines is 1. The van der Waals surface area contributed by atoms with Crippen LogP contribution < -0.4 is 10.5 Å². The zero-order chi connectivity index (χ0) is 16.4. The van der Waals surface area contributed by atoms with Gasteiger partial charge in [-0.05, 0) is 18.2 Å². The van der Waals surface area contributed by atoms with Crippen molar-refractivity contribution in [3.05, 3.63) is 30.2 Å². The van der Waals surface area contributed by atoms with Gasteiger partial charge in [0.2, 0.25) is 5.95 Å². The van der Waals surface area contributed by atoms with E-state index in [1.165, 1.54) is 6.07 Å². The maximum atomic E-state index is 14.2. The lowest BCUT2D eigenvalue weighted by Crippen LogP contribution is -2.05. The van der Waals surface area contributed by atoms with Gasteiger partial charge in [0.05, 0.1) is 12.0 Å². The van der Waals surface area contributed by atoms with Gasteiger partial charge in [0, 0.05) is 25.9 Å². The molecule has 0 saturated carbocycles. The summed E-state index contributed by atoms with van der Waals surface area (Å²) in [4.78, 5) is 8.12. The zero-order valence-electron chi connectivity index (χ0n) is 12.8. The van der Waals surface area contributed by atoms with E-state index < -0.39 is 5.82 Å². The van der Waals surface area contributed by atoms with E-state index in [2.05, 4.69) is 15.1 Å². The van der Waals surface area contributed by atoms with Crippen molar-refractivity contribution in [2.45, 2.75) is 0 Å². The highest BCUT2D eigenvalue weighted by Crippen LogP contribution is 2.29. The Labute approximate surface area is 131 Å². The third kappa shape index (κ3) is 2.93. The Morgan fingerprint density at radius 1 is 1.30 bits per heavy atom. The number of halogens is 1. The molecule has 1 aromatic carbocycles. The maximum absolute atomic E-state index is 14.2. The summed E-state index contributed by atoms with van der Waals surface area (Å²) < 4.78 is 26.0. The summed E-state index contributed by atoms with van der Waals surface area (Å²) in [5.74, 6) is -0.125. The molecule has 120 valence electrons. The summed E-state index contributed by atoms with van der Waals surface area (Å²) in [6.45, 7) is 0.678. The van der Waals surface area contributed by atoms with Crippen molar-refractivity contribution >= 4 is 17.0 Å². The topological polar surface area (TPSA) is 88.1 Å². The van der Waals surface area contributed by atoms with Crippen molar-refractivity contribution < 1.29 is 13.9 Å². The van der Waals surface area contributed by atoms with Crippen molar-refractivity contribution in [1.29, 1.82) is 0 Å². The van der Waals surface area contributed by atoms with Crippen LogP contribution in [0.2, 0.25) is 0 Å². The van der Waals surface area contributed by atoms with E-state index in [0.29, 0.717) is 28.9 Å². The Morgan fingerprint density at radius 3 is 2.87 bits per heavy atom. The Balaban J connectivity index is 1.98. The molecule has 8 heteroatoms. The van der Waals surface area contributed by atoms with Gasteiger partial charge >= 0.3 is 0 Å². The molecule has 0 fully saturated rings. The summed E-state index contributed by atoms with van der Waals surface area (Å²) in [5.41, 5.74) is 7.38. The number of nitrogen functional groups attached to an aromatic ring is 1. The molecule has 0 radical (unpaired) electrons. The molecule has 0 amide bonds. The molecule has 0 aliphatic carbocycles. The fraction of sp³-hybridized carbons (Fsp3) is 0.267. The molecule has 2 aromatic heterocycles. The highest BCUT2D eigenvalue weighted by Gasteiger charge is 2.15. The molecular formula is C15H16FN5O2. The second-order valence-electron chi connectivity index (χ2n) is 4.92. The van der Waals surface area contributed by atoms with Crippen molar-refractivity contribution in [2.75, 3.05) is 26.1 Å². The van der Waals surface area contributed by atoms with E-state index in [0.717, 1.165) is 0 Å². The number of nitrogens with zero attached hydrogens (tertiary/aromatic N) is 4. The van der Waals surface area contributed by atoms with E-state index in [9.17, 15) is 4.39 Å². The van der Waals surface area contributed by atoms with Crippen LogP contribution in [-0.4, -0.2) is 40.1 Å². The molecule has 0 unspecified atom stereocenters. The molecule has 0 aliphatic heterocycles. The quantitative estimate of drug-likeness (QED) is 0.722. The van der Waals surface area contributed by atoms with Crippen LogP contribution in [0.3, 0.4) is 0 Å². The van der Waals surface area contributed by atoms with Gasteiger partial charge in [-0.25, -0.2) is 14.1 Å². The summed E-state index contributed by atoms with van der Waals surface area (Å²) >= 11 is 0. The van der Waals surface area contributed by atoms with E-state index in [1.54, 1.807) is 37.2 Å². The normalized spacial score (nSPS) is 11.1. The smallest absolute Gasteiger partial charge is 0.222 e. The van der Waals surface area contributed by atoms with Crippen molar-refractivity contribution in [1.82, 2.24) is 19.7 Å². The van der Waals surface area contributed by atoms with E-state index >= 15 is 0 Å². The molecule has 0 aliphatic rings. The van der Waals surface area contributed by atoms with Gasteiger partial charge in [-0.1, -0.05) is 0 Å². The predicted molar refractivity (Wildman–Crippen MR) is 83.5 cm³/mol. The molecule has 0 spiro atoms. The van der Waals surface area contributed by atoms with Crippen LogP contribution >= 0.6 is 0 Å². The minimum absolute atomic E-state index is 0.167. The maximum Gasteiger partial charge on any atom is 0.222 e. The molecule has 0 bridgehead atoms. The minimum Gasteiger partial charge on any atom is -0.488 e. The standard InChI is InChI=1S/C15H16FN5O2/c1-21-14-10(8-18-15(17)19-14)13(20-21)9-3-4-12(11(16)7-9)23-6-5-22-2/h3-4,7-8H,5-6H2,1-2H3,(H2,17,18,19). The van der Waals surface area contributed by atoms with Gasteiger partial charge in [-0.15, -0.1) is 0 Å². The largest absolute Gasteiger partial charge is 0.488 e. The number of benzene rings is 1. The van der Waals surface area contributed by atoms with Crippen LogP contribution in [0.1, 0.15) is 0 Å². The Hall–Kier alpha value is -2.74. The third-order valence-electron chi connectivity index (χ3n) is 3.35. The van der Waals surface area contributed by atoms with E-state index in [4.69, 9.17) is 15.2 Å². The lowest BCUT2D eigenvalue weighted by molar-refractivity contribution is 0.144. The highest BCUT2D eigenvalue weighted by molar-refractivity contribution is 5.91. The highest BCUT2D eigenvalue weighted by atomic mass is 19.1. The molecule has 7 nitrogen and oxygen atoms in total. The van der Waals surface area contributed by atoms with Crippen LogP contribution in [0.5, 0.6) is 5.75 Å². The van der Waals surface area contributed by atoms with Gasteiger partial charge in [-0.3, -0.25) is 0 Å². The average Bonchev–Trinajstić information content (AvgIpc) is 2.86. The number of methoxy groups -OCH3 is 1. The molecule has 0 atom stereocenters. The number of rotatable bonds is 5.